The van der Waals surface area contributed by atoms with Crippen molar-refractivity contribution in [1.29, 1.82) is 0 Å². The molecule has 2 rings (SSSR count). The Balaban J connectivity index is 2.29. The molecule has 2 aromatic heterocycles. The highest BCUT2D eigenvalue weighted by Crippen LogP contribution is 2.16. The number of aryl methyl sites for hydroxylation is 3. The fraction of sp³-hybridized carbons (Fsp3) is 0.500. The largest absolute Gasteiger partial charge is 0.352 e. The quantitative estimate of drug-likeness (QED) is 0.801. The van der Waals surface area contributed by atoms with Gasteiger partial charge in [-0.1, -0.05) is 0 Å². The van der Waals surface area contributed by atoms with Gasteiger partial charge in [0.25, 0.3) is 5.91 Å². The van der Waals surface area contributed by atoms with Crippen molar-refractivity contribution in [3.05, 3.63) is 28.7 Å². The van der Waals surface area contributed by atoms with Gasteiger partial charge in [0, 0.05) is 17.9 Å². The third kappa shape index (κ3) is 2.80. The van der Waals surface area contributed by atoms with Gasteiger partial charge in [-0.05, 0) is 46.2 Å². The Labute approximate surface area is 118 Å². The summed E-state index contributed by atoms with van der Waals surface area (Å²) in [5.41, 5.74) is 9.17. The van der Waals surface area contributed by atoms with Crippen molar-refractivity contribution in [3.8, 4) is 0 Å². The first-order valence-electron chi connectivity index (χ1n) is 6.86. The minimum absolute atomic E-state index is 0.118. The molecular weight excluding hydrogens is 254 g/mol. The highest BCUT2D eigenvalue weighted by atomic mass is 16.1. The van der Waals surface area contributed by atoms with Crippen molar-refractivity contribution in [3.63, 3.8) is 0 Å². The number of aromatic nitrogens is 3. The number of nitrogens with zero attached hydrogens (tertiary/aromatic N) is 3. The molecule has 0 unspecified atom stereocenters. The van der Waals surface area contributed by atoms with E-state index in [4.69, 9.17) is 5.73 Å². The summed E-state index contributed by atoms with van der Waals surface area (Å²) >= 11 is 0. The molecule has 0 fully saturated rings. The predicted octanol–water partition coefficient (Wildman–Crippen LogP) is 1.12. The van der Waals surface area contributed by atoms with Crippen molar-refractivity contribution in [2.45, 2.75) is 33.6 Å². The SMILES string of the molecule is Cc1cc(C)n2nc(C)c(C(=O)NCCCCN)c2n1. The minimum atomic E-state index is -0.118. The van der Waals surface area contributed by atoms with E-state index < -0.39 is 0 Å². The standard InChI is InChI=1S/C14H21N5O/c1-9-8-10(2)19-13(17-9)12(11(3)18-19)14(20)16-7-5-4-6-15/h8H,4-7,15H2,1-3H3,(H,16,20). The minimum Gasteiger partial charge on any atom is -0.352 e. The molecule has 20 heavy (non-hydrogen) atoms. The monoisotopic (exact) mass is 275 g/mol. The van der Waals surface area contributed by atoms with E-state index in [0.717, 1.165) is 24.2 Å². The van der Waals surface area contributed by atoms with E-state index in [1.54, 1.807) is 4.52 Å². The van der Waals surface area contributed by atoms with Crippen molar-refractivity contribution in [1.82, 2.24) is 19.9 Å². The topological polar surface area (TPSA) is 85.3 Å². The van der Waals surface area contributed by atoms with Crippen LogP contribution >= 0.6 is 0 Å². The molecule has 0 bridgehead atoms. The van der Waals surface area contributed by atoms with Crippen LogP contribution in [-0.4, -0.2) is 33.6 Å². The summed E-state index contributed by atoms with van der Waals surface area (Å²) in [5, 5.41) is 7.30. The highest BCUT2D eigenvalue weighted by Gasteiger charge is 2.19. The fourth-order valence-electron chi connectivity index (χ4n) is 2.25. The molecule has 0 saturated carbocycles. The molecule has 0 aliphatic rings. The molecule has 0 saturated heterocycles. The first-order valence-corrected chi connectivity index (χ1v) is 6.86. The van der Waals surface area contributed by atoms with Crippen LogP contribution in [0.25, 0.3) is 5.65 Å². The summed E-state index contributed by atoms with van der Waals surface area (Å²) in [7, 11) is 0. The lowest BCUT2D eigenvalue weighted by Gasteiger charge is -2.05. The number of rotatable bonds is 5. The first kappa shape index (κ1) is 14.5. The Morgan fingerprint density at radius 1 is 1.35 bits per heavy atom. The van der Waals surface area contributed by atoms with Crippen molar-refractivity contribution < 1.29 is 4.79 Å². The lowest BCUT2D eigenvalue weighted by Crippen LogP contribution is -2.25. The molecule has 1 amide bonds. The molecule has 0 spiro atoms. The molecule has 0 atom stereocenters. The van der Waals surface area contributed by atoms with E-state index in [1.165, 1.54) is 0 Å². The number of hydrogen-bond acceptors (Lipinski definition) is 4. The van der Waals surface area contributed by atoms with E-state index in [-0.39, 0.29) is 5.91 Å². The number of carbonyl (C=O) groups is 1. The second-order valence-corrected chi connectivity index (χ2v) is 4.99. The molecule has 6 nitrogen and oxygen atoms in total. The number of nitrogens with one attached hydrogen (secondary N) is 1. The number of nitrogens with two attached hydrogens (primary N) is 1. The lowest BCUT2D eigenvalue weighted by molar-refractivity contribution is 0.0954. The molecule has 108 valence electrons. The van der Waals surface area contributed by atoms with Crippen LogP contribution in [-0.2, 0) is 0 Å². The van der Waals surface area contributed by atoms with Crippen LogP contribution in [0.3, 0.4) is 0 Å². The zero-order chi connectivity index (χ0) is 14.7. The molecule has 2 heterocycles. The molecule has 0 aliphatic carbocycles. The molecule has 2 aromatic rings. The average molecular weight is 275 g/mol. The Bertz CT molecular complexity index is 632. The molecular formula is C14H21N5O. The summed E-state index contributed by atoms with van der Waals surface area (Å²) < 4.78 is 1.72. The van der Waals surface area contributed by atoms with Crippen LogP contribution in [0.5, 0.6) is 0 Å². The zero-order valence-electron chi connectivity index (χ0n) is 12.2. The van der Waals surface area contributed by atoms with Gasteiger partial charge in [-0.25, -0.2) is 9.50 Å². The van der Waals surface area contributed by atoms with Gasteiger partial charge in [-0.3, -0.25) is 4.79 Å². The summed E-state index contributed by atoms with van der Waals surface area (Å²) in [6.07, 6.45) is 1.79. The number of amides is 1. The fourth-order valence-corrected chi connectivity index (χ4v) is 2.25. The molecule has 0 aliphatic heterocycles. The smallest absolute Gasteiger partial charge is 0.257 e. The van der Waals surface area contributed by atoms with Gasteiger partial charge < -0.3 is 11.1 Å². The average Bonchev–Trinajstić information content (AvgIpc) is 2.71. The van der Waals surface area contributed by atoms with Crippen LogP contribution in [0.4, 0.5) is 0 Å². The number of fused-ring (bicyclic) bond motifs is 1. The Morgan fingerprint density at radius 2 is 2.10 bits per heavy atom. The summed E-state index contributed by atoms with van der Waals surface area (Å²) in [4.78, 5) is 16.7. The van der Waals surface area contributed by atoms with Gasteiger partial charge in [-0.15, -0.1) is 0 Å². The van der Waals surface area contributed by atoms with Gasteiger partial charge in [0.15, 0.2) is 5.65 Å². The maximum Gasteiger partial charge on any atom is 0.257 e. The Kier molecular flexibility index (Phi) is 4.34. The first-order chi connectivity index (χ1) is 9.54. The van der Waals surface area contributed by atoms with Crippen molar-refractivity contribution in [2.24, 2.45) is 5.73 Å². The van der Waals surface area contributed by atoms with Gasteiger partial charge in [0.05, 0.1) is 5.69 Å². The van der Waals surface area contributed by atoms with Crippen molar-refractivity contribution >= 4 is 11.6 Å². The van der Waals surface area contributed by atoms with Crippen LogP contribution in [0.15, 0.2) is 6.07 Å². The lowest BCUT2D eigenvalue weighted by atomic mass is 10.2. The second kappa shape index (κ2) is 6.00. The zero-order valence-corrected chi connectivity index (χ0v) is 12.2. The summed E-state index contributed by atoms with van der Waals surface area (Å²) in [5.74, 6) is -0.118. The third-order valence-corrected chi connectivity index (χ3v) is 3.21. The third-order valence-electron chi connectivity index (χ3n) is 3.21. The van der Waals surface area contributed by atoms with E-state index in [9.17, 15) is 4.79 Å². The van der Waals surface area contributed by atoms with Gasteiger partial charge in [0.1, 0.15) is 5.56 Å². The number of carbonyl (C=O) groups excluding carboxylic acids is 1. The highest BCUT2D eigenvalue weighted by molar-refractivity contribution is 6.01. The molecule has 0 radical (unpaired) electrons. The van der Waals surface area contributed by atoms with E-state index in [1.807, 2.05) is 26.8 Å². The predicted molar refractivity (Wildman–Crippen MR) is 77.8 cm³/mol. The van der Waals surface area contributed by atoms with Crippen LogP contribution < -0.4 is 11.1 Å². The van der Waals surface area contributed by atoms with Gasteiger partial charge in [0.2, 0.25) is 0 Å². The normalized spacial score (nSPS) is 11.0. The maximum atomic E-state index is 12.3. The number of unbranched alkanes of at least 4 members (excludes halogenated alkanes) is 1. The van der Waals surface area contributed by atoms with E-state index in [2.05, 4.69) is 15.4 Å². The van der Waals surface area contributed by atoms with Crippen LogP contribution in [0.2, 0.25) is 0 Å². The number of hydrogen-bond donors (Lipinski definition) is 2. The molecule has 0 aromatic carbocycles. The Hall–Kier alpha value is -1.95. The van der Waals surface area contributed by atoms with E-state index >= 15 is 0 Å². The van der Waals surface area contributed by atoms with E-state index in [0.29, 0.717) is 30.0 Å². The van der Waals surface area contributed by atoms with Crippen LogP contribution in [0.1, 0.15) is 40.3 Å². The van der Waals surface area contributed by atoms with Crippen molar-refractivity contribution in [2.75, 3.05) is 13.1 Å². The Morgan fingerprint density at radius 3 is 2.80 bits per heavy atom. The summed E-state index contributed by atoms with van der Waals surface area (Å²) in [6.45, 7) is 6.97. The van der Waals surface area contributed by atoms with Gasteiger partial charge in [-0.2, -0.15) is 5.10 Å². The molecule has 6 heteroatoms. The second-order valence-electron chi connectivity index (χ2n) is 4.99. The molecule has 3 N–H and O–H groups in total. The van der Waals surface area contributed by atoms with Gasteiger partial charge >= 0.3 is 0 Å². The van der Waals surface area contributed by atoms with Crippen LogP contribution in [0, 0.1) is 20.8 Å². The summed E-state index contributed by atoms with van der Waals surface area (Å²) in [6, 6.07) is 1.95. The maximum absolute atomic E-state index is 12.3.